The maximum absolute atomic E-state index is 11.3. The second-order valence-corrected chi connectivity index (χ2v) is 6.50. The molecule has 0 spiro atoms. The van der Waals surface area contributed by atoms with Crippen LogP contribution in [0.4, 0.5) is 0 Å². The summed E-state index contributed by atoms with van der Waals surface area (Å²) < 4.78 is 0. The fourth-order valence-electron chi connectivity index (χ4n) is 2.62. The van der Waals surface area contributed by atoms with Crippen LogP contribution in [-0.2, 0) is 9.59 Å². The van der Waals surface area contributed by atoms with Crippen LogP contribution in [-0.4, -0.2) is 23.5 Å². The van der Waals surface area contributed by atoms with Crippen molar-refractivity contribution in [2.45, 2.75) is 96.8 Å². The van der Waals surface area contributed by atoms with Crippen molar-refractivity contribution in [1.82, 2.24) is 5.32 Å². The second kappa shape index (κ2) is 21.7. The zero-order chi connectivity index (χ0) is 17.9. The average molecular weight is 364 g/mol. The molecule has 0 saturated heterocycles. The van der Waals surface area contributed by atoms with Crippen molar-refractivity contribution in [2.24, 2.45) is 0 Å². The molecule has 0 aliphatic rings. The summed E-state index contributed by atoms with van der Waals surface area (Å²) in [6.07, 6.45) is 21.1. The van der Waals surface area contributed by atoms with E-state index >= 15 is 0 Å². The van der Waals surface area contributed by atoms with Gasteiger partial charge in [0.2, 0.25) is 5.91 Å². The molecule has 0 bridgehead atoms. The van der Waals surface area contributed by atoms with Gasteiger partial charge in [0.1, 0.15) is 6.54 Å². The molecule has 0 saturated carbocycles. The van der Waals surface area contributed by atoms with E-state index in [0.29, 0.717) is 6.42 Å². The number of allylic oxidation sites excluding steroid dienone is 2. The molecule has 142 valence electrons. The first-order chi connectivity index (χ1) is 11.7. The van der Waals surface area contributed by atoms with E-state index in [9.17, 15) is 9.59 Å². The number of aliphatic carboxylic acids is 1. The summed E-state index contributed by atoms with van der Waals surface area (Å²) in [5.74, 6) is -1.15. The number of amides is 1. The molecule has 2 N–H and O–H groups in total. The number of rotatable bonds is 17. The number of nitrogens with one attached hydrogen (secondary N) is 1. The molecule has 0 fully saturated rings. The van der Waals surface area contributed by atoms with Gasteiger partial charge in [0.15, 0.2) is 0 Å². The van der Waals surface area contributed by atoms with Crippen LogP contribution in [0.3, 0.4) is 0 Å². The zero-order valence-corrected chi connectivity index (χ0v) is 18.5. The van der Waals surface area contributed by atoms with Crippen molar-refractivity contribution >= 4 is 11.9 Å². The van der Waals surface area contributed by atoms with Gasteiger partial charge < -0.3 is 11.8 Å². The van der Waals surface area contributed by atoms with E-state index in [4.69, 9.17) is 5.11 Å². The molecule has 0 aliphatic heterocycles. The monoisotopic (exact) mass is 363 g/mol. The first-order valence-electron chi connectivity index (χ1n) is 9.80. The first-order valence-corrected chi connectivity index (χ1v) is 9.80. The van der Waals surface area contributed by atoms with Crippen molar-refractivity contribution < 1.29 is 45.7 Å². The van der Waals surface area contributed by atoms with Gasteiger partial charge in [-0.2, -0.15) is 0 Å². The van der Waals surface area contributed by atoms with Gasteiger partial charge in [-0.05, 0) is 32.1 Å². The summed E-state index contributed by atoms with van der Waals surface area (Å²) in [6.45, 7) is 1.98. The van der Waals surface area contributed by atoms with E-state index in [1.165, 1.54) is 57.8 Å². The van der Waals surface area contributed by atoms with Gasteiger partial charge in [0.05, 0.1) is 0 Å². The SMILES string of the molecule is CCCCCCCC/C=C\CCCCCCCC(=O)NCC(=O)O.[H-].[Na+]. The number of hydrogen-bond donors (Lipinski definition) is 2. The predicted molar refractivity (Wildman–Crippen MR) is 101 cm³/mol. The predicted octanol–water partition coefficient (Wildman–Crippen LogP) is 2.34. The van der Waals surface area contributed by atoms with Crippen molar-refractivity contribution in [2.75, 3.05) is 6.54 Å². The van der Waals surface area contributed by atoms with E-state index < -0.39 is 5.97 Å². The average Bonchev–Trinajstić information content (AvgIpc) is 2.56. The summed E-state index contributed by atoms with van der Waals surface area (Å²) in [6, 6.07) is 0. The number of carboxylic acids is 1. The minimum absolute atomic E-state index is 0. The first kappa shape index (κ1) is 26.9. The number of carbonyl (C=O) groups excluding carboxylic acids is 1. The molecule has 25 heavy (non-hydrogen) atoms. The Kier molecular flexibility index (Phi) is 23.4. The third-order valence-corrected chi connectivity index (χ3v) is 4.10. The largest absolute Gasteiger partial charge is 1.00 e. The van der Waals surface area contributed by atoms with Crippen LogP contribution >= 0.6 is 0 Å². The molecule has 4 nitrogen and oxygen atoms in total. The van der Waals surface area contributed by atoms with Crippen LogP contribution in [0.2, 0.25) is 0 Å². The van der Waals surface area contributed by atoms with Crippen molar-refractivity contribution in [3.05, 3.63) is 12.2 Å². The number of carbonyl (C=O) groups is 2. The van der Waals surface area contributed by atoms with E-state index in [-0.39, 0.29) is 43.4 Å². The van der Waals surface area contributed by atoms with Crippen LogP contribution < -0.4 is 34.9 Å². The fraction of sp³-hybridized carbons (Fsp3) is 0.800. The van der Waals surface area contributed by atoms with Gasteiger partial charge in [0.25, 0.3) is 0 Å². The summed E-state index contributed by atoms with van der Waals surface area (Å²) in [7, 11) is 0. The topological polar surface area (TPSA) is 66.4 Å². The Labute approximate surface area is 178 Å². The van der Waals surface area contributed by atoms with Crippen LogP contribution in [0.15, 0.2) is 12.2 Å². The Bertz CT molecular complexity index is 352. The van der Waals surface area contributed by atoms with Crippen LogP contribution in [0.1, 0.15) is 98.2 Å². The van der Waals surface area contributed by atoms with Gasteiger partial charge in [-0.15, -0.1) is 0 Å². The van der Waals surface area contributed by atoms with E-state index in [1.54, 1.807) is 0 Å². The Balaban J connectivity index is -0.00000264. The minimum atomic E-state index is -0.993. The van der Waals surface area contributed by atoms with Crippen LogP contribution in [0.5, 0.6) is 0 Å². The van der Waals surface area contributed by atoms with Gasteiger partial charge in [0, 0.05) is 6.42 Å². The van der Waals surface area contributed by atoms with E-state index in [0.717, 1.165) is 25.7 Å². The third kappa shape index (κ3) is 23.7. The molecule has 0 aromatic carbocycles. The quantitative estimate of drug-likeness (QED) is 0.237. The van der Waals surface area contributed by atoms with Gasteiger partial charge >= 0.3 is 35.5 Å². The molecule has 0 aromatic rings. The van der Waals surface area contributed by atoms with Gasteiger partial charge in [-0.3, -0.25) is 9.59 Å². The summed E-state index contributed by atoms with van der Waals surface area (Å²) >= 11 is 0. The second-order valence-electron chi connectivity index (χ2n) is 6.50. The molecule has 0 unspecified atom stereocenters. The van der Waals surface area contributed by atoms with Gasteiger partial charge in [-0.1, -0.05) is 70.4 Å². The Morgan fingerprint density at radius 2 is 1.32 bits per heavy atom. The Hall–Kier alpha value is -0.320. The maximum atomic E-state index is 11.3. The molecule has 0 aromatic heterocycles. The molecule has 0 rings (SSSR count). The molecule has 1 amide bonds. The molecule has 0 atom stereocenters. The maximum Gasteiger partial charge on any atom is 1.00 e. The summed E-state index contributed by atoms with van der Waals surface area (Å²) in [5, 5.41) is 10.8. The van der Waals surface area contributed by atoms with E-state index in [2.05, 4.69) is 24.4 Å². The van der Waals surface area contributed by atoms with Crippen molar-refractivity contribution in [1.29, 1.82) is 0 Å². The molecule has 5 heteroatoms. The molecule has 0 aliphatic carbocycles. The van der Waals surface area contributed by atoms with Gasteiger partial charge in [-0.25, -0.2) is 0 Å². The zero-order valence-electron chi connectivity index (χ0n) is 17.5. The number of unbranched alkanes of at least 4 members (excludes halogenated alkanes) is 11. The van der Waals surface area contributed by atoms with Crippen LogP contribution in [0.25, 0.3) is 0 Å². The number of hydrogen-bond acceptors (Lipinski definition) is 2. The fourth-order valence-corrected chi connectivity index (χ4v) is 2.62. The third-order valence-electron chi connectivity index (χ3n) is 4.10. The Morgan fingerprint density at radius 1 is 0.840 bits per heavy atom. The molecular weight excluding hydrogens is 325 g/mol. The molecule has 0 heterocycles. The normalized spacial score (nSPS) is 10.6. The molecular formula is C20H38NNaO3. The van der Waals surface area contributed by atoms with Crippen molar-refractivity contribution in [3.63, 3.8) is 0 Å². The summed E-state index contributed by atoms with van der Waals surface area (Å²) in [4.78, 5) is 21.6. The Morgan fingerprint density at radius 3 is 1.84 bits per heavy atom. The van der Waals surface area contributed by atoms with E-state index in [1.807, 2.05) is 0 Å². The van der Waals surface area contributed by atoms with Crippen LogP contribution in [0, 0.1) is 0 Å². The number of carboxylic acid groups (broad SMARTS) is 1. The minimum Gasteiger partial charge on any atom is -1.00 e. The summed E-state index contributed by atoms with van der Waals surface area (Å²) in [5.41, 5.74) is 0. The molecule has 0 radical (unpaired) electrons. The standard InChI is InChI=1S/C20H37NO3.Na.H/c1-2-3-4-5-6-7-8-9-10-11-12-13-14-15-16-17-19(22)21-18-20(23)24;;/h9-10H,2-8,11-18H2,1H3,(H,21,22)(H,23,24);;/q;+1;-1/b10-9-;;. The smallest absolute Gasteiger partial charge is 1.00 e. The van der Waals surface area contributed by atoms with Crippen molar-refractivity contribution in [3.8, 4) is 0 Å².